The number of rotatable bonds is 4. The number of imide groups is 2. The monoisotopic (exact) mass is 500 g/mol. The first-order valence-corrected chi connectivity index (χ1v) is 13.0. The number of nitrogens with one attached hydrogen (secondary N) is 2. The minimum atomic E-state index is -0.422. The van der Waals surface area contributed by atoms with Crippen LogP contribution in [0.2, 0.25) is 0 Å². The summed E-state index contributed by atoms with van der Waals surface area (Å²) in [5, 5.41) is 0. The highest BCUT2D eigenvalue weighted by Crippen LogP contribution is 2.28. The third kappa shape index (κ3) is 4.58. The van der Waals surface area contributed by atoms with Gasteiger partial charge in [0, 0.05) is 0 Å². The van der Waals surface area contributed by atoms with Gasteiger partial charge in [0.05, 0.1) is 24.2 Å². The van der Waals surface area contributed by atoms with Crippen LogP contribution in [0, 0.1) is 0 Å². The molecule has 0 aliphatic carbocycles. The molecule has 8 atom stereocenters. The number of carbonyl (C=O) groups excluding carboxylic acids is 4. The number of carbonyl (C=O) groups is 4. The molecule has 1 aromatic carbocycles. The SMILES string of the molecule is C[C@@H]1C[NH+]([C@@H]2CC(=O)N(c3ccc(N4C(=O)C[C@H]([NH+]5C[C@@H](C)O[C@@H](C)C5)C4=O)cc3)C2=O)C[C@H](C)O1. The molecule has 36 heavy (non-hydrogen) atoms. The van der Waals surface area contributed by atoms with Crippen LogP contribution in [0.25, 0.3) is 0 Å². The average Bonchev–Trinajstić information content (AvgIpc) is 3.27. The summed E-state index contributed by atoms with van der Waals surface area (Å²) in [6.45, 7) is 10.7. The maximum Gasteiger partial charge on any atom is 0.292 e. The van der Waals surface area contributed by atoms with Gasteiger partial charge in [-0.25, -0.2) is 9.80 Å². The summed E-state index contributed by atoms with van der Waals surface area (Å²) in [6, 6.07) is 5.74. The van der Waals surface area contributed by atoms with Crippen molar-refractivity contribution in [2.24, 2.45) is 0 Å². The van der Waals surface area contributed by atoms with Crippen molar-refractivity contribution in [2.75, 3.05) is 36.0 Å². The van der Waals surface area contributed by atoms with Crippen LogP contribution in [0.3, 0.4) is 0 Å². The van der Waals surface area contributed by atoms with E-state index in [1.54, 1.807) is 24.3 Å². The Morgan fingerprint density at radius 2 is 0.917 bits per heavy atom. The normalized spacial score (nSPS) is 37.8. The Labute approximate surface area is 211 Å². The smallest absolute Gasteiger partial charge is 0.292 e. The van der Waals surface area contributed by atoms with Gasteiger partial charge in [-0.1, -0.05) is 0 Å². The van der Waals surface area contributed by atoms with Gasteiger partial charge in [-0.2, -0.15) is 0 Å². The second-order valence-electron chi connectivity index (χ2n) is 10.8. The van der Waals surface area contributed by atoms with Gasteiger partial charge < -0.3 is 19.3 Å². The van der Waals surface area contributed by atoms with E-state index in [2.05, 4.69) is 0 Å². The molecular weight excluding hydrogens is 464 g/mol. The largest absolute Gasteiger partial charge is 0.364 e. The molecule has 2 N–H and O–H groups in total. The van der Waals surface area contributed by atoms with Gasteiger partial charge in [0.25, 0.3) is 11.8 Å². The first-order chi connectivity index (χ1) is 17.1. The maximum absolute atomic E-state index is 13.3. The molecule has 0 radical (unpaired) electrons. The van der Waals surface area contributed by atoms with Crippen molar-refractivity contribution >= 4 is 35.0 Å². The quantitative estimate of drug-likeness (QED) is 0.480. The van der Waals surface area contributed by atoms with Gasteiger partial charge in [0.2, 0.25) is 11.8 Å². The van der Waals surface area contributed by atoms with E-state index < -0.39 is 12.1 Å². The Kier molecular flexibility index (Phi) is 6.71. The summed E-state index contributed by atoms with van der Waals surface area (Å²) in [5.41, 5.74) is 0.921. The van der Waals surface area contributed by atoms with E-state index in [9.17, 15) is 19.2 Å². The van der Waals surface area contributed by atoms with E-state index >= 15 is 0 Å². The van der Waals surface area contributed by atoms with E-state index in [4.69, 9.17) is 9.47 Å². The lowest BCUT2D eigenvalue weighted by molar-refractivity contribution is -0.929. The average molecular weight is 501 g/mol. The molecule has 5 rings (SSSR count). The van der Waals surface area contributed by atoms with Crippen LogP contribution in [0.15, 0.2) is 24.3 Å². The lowest BCUT2D eigenvalue weighted by Crippen LogP contribution is -3.19. The molecule has 10 nitrogen and oxygen atoms in total. The van der Waals surface area contributed by atoms with Gasteiger partial charge >= 0.3 is 0 Å². The van der Waals surface area contributed by atoms with Crippen LogP contribution in [-0.2, 0) is 28.7 Å². The molecule has 194 valence electrons. The van der Waals surface area contributed by atoms with E-state index in [0.29, 0.717) is 37.6 Å². The van der Waals surface area contributed by atoms with Crippen molar-refractivity contribution in [1.29, 1.82) is 0 Å². The molecule has 4 aliphatic heterocycles. The Morgan fingerprint density at radius 1 is 0.611 bits per heavy atom. The summed E-state index contributed by atoms with van der Waals surface area (Å²) in [5.74, 6) is -0.887. The third-order valence-electron chi connectivity index (χ3n) is 7.77. The molecule has 1 aromatic rings. The molecule has 4 heterocycles. The lowest BCUT2D eigenvalue weighted by Gasteiger charge is -2.34. The van der Waals surface area contributed by atoms with Crippen molar-refractivity contribution in [3.05, 3.63) is 24.3 Å². The lowest BCUT2D eigenvalue weighted by atomic mass is 10.1. The molecule has 0 bridgehead atoms. The molecule has 4 aliphatic rings. The summed E-state index contributed by atoms with van der Waals surface area (Å²) in [4.78, 5) is 56.8. The second-order valence-corrected chi connectivity index (χ2v) is 10.8. The Bertz CT molecular complexity index is 958. The van der Waals surface area contributed by atoms with Crippen molar-refractivity contribution < 1.29 is 38.5 Å². The van der Waals surface area contributed by atoms with Crippen molar-refractivity contribution in [1.82, 2.24) is 0 Å². The van der Waals surface area contributed by atoms with Crippen LogP contribution in [0.5, 0.6) is 0 Å². The fourth-order valence-electron chi connectivity index (χ4n) is 6.39. The summed E-state index contributed by atoms with van der Waals surface area (Å²) < 4.78 is 11.6. The zero-order chi connectivity index (χ0) is 25.7. The third-order valence-corrected chi connectivity index (χ3v) is 7.77. The summed E-state index contributed by atoms with van der Waals surface area (Å²) in [6.07, 6.45) is 0.462. The molecule has 10 heteroatoms. The Morgan fingerprint density at radius 3 is 1.22 bits per heavy atom. The van der Waals surface area contributed by atoms with Gasteiger partial charge in [0.15, 0.2) is 12.1 Å². The Hall–Kier alpha value is -2.66. The topological polar surface area (TPSA) is 102 Å². The predicted octanol–water partition coefficient (Wildman–Crippen LogP) is -1.67. The molecule has 4 amide bonds. The number of quaternary nitrogens is 2. The number of morpholine rings is 2. The minimum absolute atomic E-state index is 0.0325. The molecule has 2 unspecified atom stereocenters. The summed E-state index contributed by atoms with van der Waals surface area (Å²) in [7, 11) is 0. The predicted molar refractivity (Wildman–Crippen MR) is 130 cm³/mol. The Balaban J connectivity index is 1.30. The van der Waals surface area contributed by atoms with E-state index in [1.165, 1.54) is 9.80 Å². The van der Waals surface area contributed by atoms with Gasteiger partial charge in [-0.15, -0.1) is 0 Å². The van der Waals surface area contributed by atoms with E-state index in [-0.39, 0.29) is 60.9 Å². The van der Waals surface area contributed by atoms with E-state index in [0.717, 1.165) is 9.80 Å². The van der Waals surface area contributed by atoms with Crippen LogP contribution in [-0.4, -0.2) is 86.3 Å². The molecule has 0 saturated carbocycles. The first kappa shape index (κ1) is 25.0. The van der Waals surface area contributed by atoms with E-state index in [1.807, 2.05) is 27.7 Å². The fourth-order valence-corrected chi connectivity index (χ4v) is 6.39. The number of ether oxygens (including phenoxy) is 2. The van der Waals surface area contributed by atoms with Crippen molar-refractivity contribution in [2.45, 2.75) is 77.0 Å². The van der Waals surface area contributed by atoms with Crippen molar-refractivity contribution in [3.63, 3.8) is 0 Å². The number of anilines is 2. The standard InChI is InChI=1S/C26H34N4O6/c1-15-11-27(12-16(2)35-15)21-9-23(31)29(25(21)33)19-5-7-20(8-6-19)30-24(32)10-22(26(30)34)28-13-17(3)36-18(4)14-28/h5-8,15-18,21-22H,9-14H2,1-4H3/p+2/t15-,16+,17-,18+,21-,22+. The van der Waals surface area contributed by atoms with Crippen LogP contribution >= 0.6 is 0 Å². The maximum atomic E-state index is 13.3. The number of hydrogen-bond acceptors (Lipinski definition) is 6. The molecule has 4 fully saturated rings. The van der Waals surface area contributed by atoms with Gasteiger partial charge in [-0.05, 0) is 52.0 Å². The van der Waals surface area contributed by atoms with Gasteiger partial charge in [0.1, 0.15) is 50.6 Å². The van der Waals surface area contributed by atoms with Crippen molar-refractivity contribution in [3.8, 4) is 0 Å². The zero-order valence-electron chi connectivity index (χ0n) is 21.4. The zero-order valence-corrected chi connectivity index (χ0v) is 21.4. The molecule has 4 saturated heterocycles. The highest BCUT2D eigenvalue weighted by Gasteiger charge is 2.49. The number of hydrogen-bond donors (Lipinski definition) is 2. The highest BCUT2D eigenvalue weighted by molar-refractivity contribution is 6.23. The number of benzene rings is 1. The molecule has 0 spiro atoms. The minimum Gasteiger partial charge on any atom is -0.364 e. The molecule has 0 aromatic heterocycles. The fraction of sp³-hybridized carbons (Fsp3) is 0.615. The molecular formula is C26H36N4O6+2. The van der Waals surface area contributed by atoms with Crippen LogP contribution in [0.4, 0.5) is 11.4 Å². The summed E-state index contributed by atoms with van der Waals surface area (Å²) >= 11 is 0. The van der Waals surface area contributed by atoms with Crippen LogP contribution in [0.1, 0.15) is 40.5 Å². The van der Waals surface area contributed by atoms with Gasteiger partial charge in [-0.3, -0.25) is 19.2 Å². The first-order valence-electron chi connectivity index (χ1n) is 13.0. The van der Waals surface area contributed by atoms with Crippen LogP contribution < -0.4 is 19.6 Å². The highest BCUT2D eigenvalue weighted by atomic mass is 16.5. The number of nitrogens with zero attached hydrogens (tertiary/aromatic N) is 2. The second kappa shape index (κ2) is 9.66. The number of amides is 4.